The molecule has 6 nitrogen and oxygen atoms in total. The van der Waals surface area contributed by atoms with Crippen molar-refractivity contribution in [3.63, 3.8) is 0 Å². The van der Waals surface area contributed by atoms with Gasteiger partial charge in [0.15, 0.2) is 17.7 Å². The van der Waals surface area contributed by atoms with Gasteiger partial charge in [-0.25, -0.2) is 16.8 Å². The molecule has 0 saturated carbocycles. The van der Waals surface area contributed by atoms with E-state index in [0.717, 1.165) is 39.2 Å². The lowest BCUT2D eigenvalue weighted by atomic mass is 9.79. The Kier molecular flexibility index (Phi) is 6.02. The normalized spacial score (nSPS) is 28.9. The van der Waals surface area contributed by atoms with Crippen LogP contribution in [0, 0.1) is 11.8 Å². The number of hydrogen-bond acceptors (Lipinski definition) is 7. The van der Waals surface area contributed by atoms with Crippen LogP contribution in [0.15, 0.2) is 0 Å². The Hall–Kier alpha value is 0.520. The van der Waals surface area contributed by atoms with Crippen LogP contribution in [-0.2, 0) is 22.9 Å². The smallest absolute Gasteiger partial charge is 0.198 e. The second-order valence-corrected chi connectivity index (χ2v) is 15.8. The first-order valence-electron chi connectivity index (χ1n) is 6.75. The van der Waals surface area contributed by atoms with E-state index < -0.39 is 28.8 Å². The second-order valence-electron chi connectivity index (χ2n) is 6.79. The highest BCUT2D eigenvalue weighted by atomic mass is 33.1. The first kappa shape index (κ1) is 20.6. The molecule has 1 aliphatic rings. The van der Waals surface area contributed by atoms with Gasteiger partial charge in [-0.1, -0.05) is 0 Å². The summed E-state index contributed by atoms with van der Waals surface area (Å²) in [7, 11) is -4.78. The molecule has 131 valence electrons. The predicted molar refractivity (Wildman–Crippen MR) is 92.3 cm³/mol. The molecular formula is C12H24NO5S4. The van der Waals surface area contributed by atoms with E-state index in [1.165, 1.54) is 0 Å². The molecule has 2 atom stereocenters. The van der Waals surface area contributed by atoms with E-state index in [1.807, 2.05) is 0 Å². The molecule has 1 radical (unpaired) electrons. The van der Waals surface area contributed by atoms with Gasteiger partial charge in [0.05, 0.1) is 0 Å². The Morgan fingerprint density at radius 1 is 0.818 bits per heavy atom. The molecule has 0 spiro atoms. The largest absolute Gasteiger partial charge is 0.218 e. The first-order valence-corrected chi connectivity index (χ1v) is 13.5. The van der Waals surface area contributed by atoms with E-state index in [2.05, 4.69) is 0 Å². The van der Waals surface area contributed by atoms with Gasteiger partial charge in [0, 0.05) is 35.1 Å². The Morgan fingerprint density at radius 3 is 1.32 bits per heavy atom. The van der Waals surface area contributed by atoms with Crippen molar-refractivity contribution < 1.29 is 22.0 Å². The van der Waals surface area contributed by atoms with Crippen LogP contribution >= 0.6 is 21.6 Å². The van der Waals surface area contributed by atoms with Crippen molar-refractivity contribution in [1.29, 1.82) is 0 Å². The minimum atomic E-state index is -3.21. The number of hydroxylamine groups is 2. The molecule has 1 fully saturated rings. The molecule has 0 aromatic heterocycles. The summed E-state index contributed by atoms with van der Waals surface area (Å²) in [6.45, 7) is 7.17. The van der Waals surface area contributed by atoms with Gasteiger partial charge < -0.3 is 0 Å². The van der Waals surface area contributed by atoms with Crippen LogP contribution in [0.25, 0.3) is 0 Å². The van der Waals surface area contributed by atoms with Gasteiger partial charge in [-0.05, 0) is 61.1 Å². The van der Waals surface area contributed by atoms with Crippen molar-refractivity contribution in [2.45, 2.75) is 38.8 Å². The Morgan fingerprint density at radius 2 is 1.09 bits per heavy atom. The van der Waals surface area contributed by atoms with E-state index in [-0.39, 0.29) is 23.3 Å². The van der Waals surface area contributed by atoms with Gasteiger partial charge >= 0.3 is 0 Å². The van der Waals surface area contributed by atoms with Crippen molar-refractivity contribution >= 4 is 39.3 Å². The maximum atomic E-state index is 12.6. The molecule has 0 N–H and O–H groups in total. The minimum absolute atomic E-state index is 0.214. The highest BCUT2D eigenvalue weighted by molar-refractivity contribution is 8.72. The van der Waals surface area contributed by atoms with Crippen molar-refractivity contribution in [1.82, 2.24) is 5.06 Å². The minimum Gasteiger partial charge on any atom is -0.218 e. The monoisotopic (exact) mass is 390 g/mol. The zero-order valence-corrected chi connectivity index (χ0v) is 17.0. The zero-order chi connectivity index (χ0) is 17.6. The topological polar surface area (TPSA) is 91.4 Å². The Balaban J connectivity index is 3.09. The molecule has 0 bridgehead atoms. The summed E-state index contributed by atoms with van der Waals surface area (Å²) in [6, 6.07) is 0. The van der Waals surface area contributed by atoms with Crippen molar-refractivity contribution in [2.75, 3.05) is 24.0 Å². The van der Waals surface area contributed by atoms with E-state index >= 15 is 0 Å². The van der Waals surface area contributed by atoms with Crippen LogP contribution in [0.2, 0.25) is 0 Å². The highest BCUT2D eigenvalue weighted by Gasteiger charge is 2.58. The van der Waals surface area contributed by atoms with Gasteiger partial charge in [-0.3, -0.25) is 0 Å². The van der Waals surface area contributed by atoms with Crippen molar-refractivity contribution in [3.8, 4) is 0 Å². The van der Waals surface area contributed by atoms with Crippen LogP contribution in [-0.4, -0.2) is 57.0 Å². The lowest BCUT2D eigenvalue weighted by Gasteiger charge is -2.33. The van der Waals surface area contributed by atoms with Crippen LogP contribution in [0.4, 0.5) is 0 Å². The Labute approximate surface area is 141 Å². The van der Waals surface area contributed by atoms with Gasteiger partial charge in [-0.15, -0.1) is 10.3 Å². The van der Waals surface area contributed by atoms with E-state index in [1.54, 1.807) is 27.7 Å². The third kappa shape index (κ3) is 4.76. The summed E-state index contributed by atoms with van der Waals surface area (Å²) in [5, 5.41) is 13.6. The number of hydrogen-bond donors (Lipinski definition) is 0. The van der Waals surface area contributed by atoms with Gasteiger partial charge in [0.25, 0.3) is 0 Å². The van der Waals surface area contributed by atoms with Gasteiger partial charge in [-0.2, -0.15) is 0 Å². The highest BCUT2D eigenvalue weighted by Crippen LogP contribution is 2.51. The van der Waals surface area contributed by atoms with Gasteiger partial charge in [0.1, 0.15) is 0 Å². The maximum absolute atomic E-state index is 12.6. The summed E-state index contributed by atoms with van der Waals surface area (Å²) >= 11 is 0. The predicted octanol–water partition coefficient (Wildman–Crippen LogP) is 1.82. The van der Waals surface area contributed by atoms with E-state index in [4.69, 9.17) is 0 Å². The van der Waals surface area contributed by atoms with Gasteiger partial charge in [0.2, 0.25) is 0 Å². The lowest BCUT2D eigenvalue weighted by molar-refractivity contribution is -0.250. The molecule has 0 aromatic rings. The van der Waals surface area contributed by atoms with Crippen LogP contribution in [0.3, 0.4) is 0 Å². The molecule has 1 saturated heterocycles. The van der Waals surface area contributed by atoms with Crippen molar-refractivity contribution in [2.24, 2.45) is 11.8 Å². The molecule has 0 aliphatic carbocycles. The van der Waals surface area contributed by atoms with Crippen LogP contribution in [0.5, 0.6) is 0 Å². The van der Waals surface area contributed by atoms with Crippen LogP contribution in [0.1, 0.15) is 27.7 Å². The third-order valence-corrected chi connectivity index (χ3v) is 9.50. The lowest BCUT2D eigenvalue weighted by Crippen LogP contribution is -2.47. The molecule has 10 heteroatoms. The zero-order valence-electron chi connectivity index (χ0n) is 13.7. The standard InChI is InChI=1S/C12H24NO5S4/c1-11(2)9(7-19-21(5,15)16)10(8-20-22(6,17)18)12(3,4)13(11)14/h9-10H,7-8H2,1-6H3. The fraction of sp³-hybridized carbons (Fsp3) is 1.00. The summed E-state index contributed by atoms with van der Waals surface area (Å²) in [5.74, 6) is 0.134. The Bertz CT molecular complexity index is 557. The van der Waals surface area contributed by atoms with Crippen molar-refractivity contribution in [3.05, 3.63) is 0 Å². The van der Waals surface area contributed by atoms with E-state index in [0.29, 0.717) is 0 Å². The summed E-state index contributed by atoms with van der Waals surface area (Å²) in [6.07, 6.45) is 2.28. The average Bonchev–Trinajstić information content (AvgIpc) is 2.40. The first-order chi connectivity index (χ1) is 9.59. The van der Waals surface area contributed by atoms with Crippen LogP contribution < -0.4 is 0 Å². The molecule has 1 rings (SSSR count). The molecule has 2 unspecified atom stereocenters. The summed E-state index contributed by atoms with van der Waals surface area (Å²) in [5.41, 5.74) is -1.49. The molecular weight excluding hydrogens is 366 g/mol. The maximum Gasteiger partial charge on any atom is 0.198 e. The number of nitrogens with zero attached hydrogens (tertiary/aromatic N) is 1. The molecule has 22 heavy (non-hydrogen) atoms. The molecule has 0 aromatic carbocycles. The van der Waals surface area contributed by atoms with E-state index in [9.17, 15) is 22.0 Å². The molecule has 0 amide bonds. The summed E-state index contributed by atoms with van der Waals surface area (Å²) in [4.78, 5) is 0. The quantitative estimate of drug-likeness (QED) is 0.639. The molecule has 1 heterocycles. The summed E-state index contributed by atoms with van der Waals surface area (Å²) < 4.78 is 45.7. The number of rotatable bonds is 6. The average molecular weight is 391 g/mol. The fourth-order valence-electron chi connectivity index (χ4n) is 3.06. The molecule has 1 aliphatic heterocycles. The third-order valence-electron chi connectivity index (χ3n) is 4.27. The fourth-order valence-corrected chi connectivity index (χ4v) is 7.49. The second kappa shape index (κ2) is 6.44. The SMILES string of the molecule is CC1(C)C(CSS(C)(=O)=O)C(CSS(C)(=O)=O)C(C)(C)N1[O].